The van der Waals surface area contributed by atoms with Crippen LogP contribution in [-0.4, -0.2) is 39.2 Å². The second-order valence-corrected chi connectivity index (χ2v) is 6.65. The number of nitrogens with one attached hydrogen (secondary N) is 1. The van der Waals surface area contributed by atoms with Crippen LogP contribution in [0.15, 0.2) is 61.2 Å². The van der Waals surface area contributed by atoms with E-state index in [1.54, 1.807) is 18.1 Å². The number of carbonyl (C=O) groups excluding carboxylic acids is 1. The molecular formula is C20H20F3N5O. The topological polar surface area (TPSA) is 63.1 Å². The van der Waals surface area contributed by atoms with Crippen LogP contribution < -0.4 is 5.32 Å². The third-order valence-electron chi connectivity index (χ3n) is 4.59. The molecule has 0 saturated heterocycles. The van der Waals surface area contributed by atoms with Gasteiger partial charge in [0.2, 0.25) is 5.91 Å². The number of halogens is 3. The summed E-state index contributed by atoms with van der Waals surface area (Å²) in [5, 5.41) is 6.59. The van der Waals surface area contributed by atoms with Crippen molar-refractivity contribution in [1.29, 1.82) is 0 Å². The van der Waals surface area contributed by atoms with E-state index in [0.29, 0.717) is 0 Å². The Morgan fingerprint density at radius 1 is 1.21 bits per heavy atom. The maximum Gasteiger partial charge on any atom is 0.416 e. The molecule has 1 aromatic heterocycles. The molecule has 1 N–H and O–H groups in total. The molecule has 0 aliphatic carbocycles. The number of carbonyl (C=O) groups is 1. The fourth-order valence-electron chi connectivity index (χ4n) is 2.84. The van der Waals surface area contributed by atoms with Crippen molar-refractivity contribution >= 4 is 11.6 Å². The monoisotopic (exact) mass is 403 g/mol. The highest BCUT2D eigenvalue weighted by Crippen LogP contribution is 2.30. The molecule has 9 heteroatoms. The SMILES string of the molecule is C[C@@H](c1ccc(-n2cncn2)cc1)N(C)CC(=O)Nc1cccc(C(F)(F)F)c1. The van der Waals surface area contributed by atoms with Gasteiger partial charge in [-0.1, -0.05) is 18.2 Å². The van der Waals surface area contributed by atoms with Crippen molar-refractivity contribution in [1.82, 2.24) is 19.7 Å². The van der Waals surface area contributed by atoms with E-state index >= 15 is 0 Å². The molecule has 1 amide bonds. The molecule has 2 aromatic carbocycles. The number of nitrogens with zero attached hydrogens (tertiary/aromatic N) is 4. The van der Waals surface area contributed by atoms with Crippen molar-refractivity contribution in [3.8, 4) is 5.69 Å². The lowest BCUT2D eigenvalue weighted by Gasteiger charge is -2.24. The number of likely N-dealkylation sites (N-methyl/N-ethyl adjacent to an activating group) is 1. The molecule has 1 atom stereocenters. The number of hydrogen-bond donors (Lipinski definition) is 1. The Hall–Kier alpha value is -3.20. The van der Waals surface area contributed by atoms with Gasteiger partial charge in [-0.25, -0.2) is 9.67 Å². The fraction of sp³-hybridized carbons (Fsp3) is 0.250. The lowest BCUT2D eigenvalue weighted by molar-refractivity contribution is -0.137. The lowest BCUT2D eigenvalue weighted by Crippen LogP contribution is -2.32. The van der Waals surface area contributed by atoms with Gasteiger partial charge in [0.15, 0.2) is 0 Å². The fourth-order valence-corrected chi connectivity index (χ4v) is 2.84. The third kappa shape index (κ3) is 5.20. The minimum Gasteiger partial charge on any atom is -0.325 e. The number of aromatic nitrogens is 3. The molecule has 0 radical (unpaired) electrons. The van der Waals surface area contributed by atoms with Crippen LogP contribution in [0.4, 0.5) is 18.9 Å². The van der Waals surface area contributed by atoms with E-state index < -0.39 is 17.6 Å². The molecule has 1 heterocycles. The second-order valence-electron chi connectivity index (χ2n) is 6.65. The highest BCUT2D eigenvalue weighted by Gasteiger charge is 2.30. The predicted molar refractivity (Wildman–Crippen MR) is 102 cm³/mol. The molecular weight excluding hydrogens is 383 g/mol. The summed E-state index contributed by atoms with van der Waals surface area (Å²) >= 11 is 0. The van der Waals surface area contributed by atoms with E-state index in [9.17, 15) is 18.0 Å². The van der Waals surface area contributed by atoms with Crippen molar-refractivity contribution in [3.05, 3.63) is 72.3 Å². The molecule has 0 fully saturated rings. The van der Waals surface area contributed by atoms with Crippen LogP contribution in [-0.2, 0) is 11.0 Å². The van der Waals surface area contributed by atoms with Crippen LogP contribution in [0.5, 0.6) is 0 Å². The quantitative estimate of drug-likeness (QED) is 0.678. The summed E-state index contributed by atoms with van der Waals surface area (Å²) in [6.07, 6.45) is -1.40. The van der Waals surface area contributed by atoms with Gasteiger partial charge >= 0.3 is 6.18 Å². The zero-order valence-electron chi connectivity index (χ0n) is 15.9. The molecule has 0 unspecified atom stereocenters. The first-order valence-electron chi connectivity index (χ1n) is 8.86. The van der Waals surface area contributed by atoms with Crippen LogP contribution in [0.25, 0.3) is 5.69 Å². The van der Waals surface area contributed by atoms with Gasteiger partial charge < -0.3 is 5.32 Å². The Kier molecular flexibility index (Phi) is 5.97. The van der Waals surface area contributed by atoms with Crippen molar-refractivity contribution < 1.29 is 18.0 Å². The summed E-state index contributed by atoms with van der Waals surface area (Å²) in [6, 6.07) is 12.2. The van der Waals surface area contributed by atoms with Crippen molar-refractivity contribution in [2.45, 2.75) is 19.1 Å². The van der Waals surface area contributed by atoms with E-state index in [2.05, 4.69) is 15.4 Å². The van der Waals surface area contributed by atoms with E-state index in [-0.39, 0.29) is 18.3 Å². The number of hydrogen-bond acceptors (Lipinski definition) is 4. The van der Waals surface area contributed by atoms with E-state index in [4.69, 9.17) is 0 Å². The van der Waals surface area contributed by atoms with Crippen molar-refractivity contribution in [2.75, 3.05) is 18.9 Å². The van der Waals surface area contributed by atoms with Gasteiger partial charge in [-0.2, -0.15) is 18.3 Å². The molecule has 0 aliphatic heterocycles. The molecule has 0 bridgehead atoms. The van der Waals surface area contributed by atoms with Gasteiger partial charge in [0.25, 0.3) is 0 Å². The summed E-state index contributed by atoms with van der Waals surface area (Å²) < 4.78 is 40.0. The predicted octanol–water partition coefficient (Wildman–Crippen LogP) is 3.92. The minimum absolute atomic E-state index is 0.0300. The van der Waals surface area contributed by atoms with Crippen LogP contribution >= 0.6 is 0 Å². The first kappa shape index (κ1) is 20.5. The second kappa shape index (κ2) is 8.44. The number of amides is 1. The Morgan fingerprint density at radius 3 is 2.55 bits per heavy atom. The first-order valence-corrected chi connectivity index (χ1v) is 8.86. The zero-order chi connectivity index (χ0) is 21.0. The maximum atomic E-state index is 12.8. The van der Waals surface area contributed by atoms with E-state index in [1.165, 1.54) is 18.5 Å². The smallest absolute Gasteiger partial charge is 0.325 e. The largest absolute Gasteiger partial charge is 0.416 e. The Labute approximate surface area is 166 Å². The minimum atomic E-state index is -4.45. The van der Waals surface area contributed by atoms with Crippen molar-refractivity contribution in [3.63, 3.8) is 0 Å². The van der Waals surface area contributed by atoms with Gasteiger partial charge in [0.05, 0.1) is 17.8 Å². The Balaban J connectivity index is 1.60. The summed E-state index contributed by atoms with van der Waals surface area (Å²) in [6.45, 7) is 1.98. The maximum absolute atomic E-state index is 12.8. The average Bonchev–Trinajstić information content (AvgIpc) is 3.22. The summed E-state index contributed by atoms with van der Waals surface area (Å²) in [7, 11) is 1.78. The molecule has 3 rings (SSSR count). The molecule has 3 aromatic rings. The van der Waals surface area contributed by atoms with Crippen molar-refractivity contribution in [2.24, 2.45) is 0 Å². The average molecular weight is 403 g/mol. The van der Waals surface area contributed by atoms with Gasteiger partial charge in [-0.3, -0.25) is 9.69 Å². The highest BCUT2D eigenvalue weighted by molar-refractivity contribution is 5.92. The molecule has 0 aliphatic rings. The highest BCUT2D eigenvalue weighted by atomic mass is 19.4. The molecule has 6 nitrogen and oxygen atoms in total. The third-order valence-corrected chi connectivity index (χ3v) is 4.59. The molecule has 152 valence electrons. The van der Waals surface area contributed by atoms with Crippen LogP contribution in [0, 0.1) is 0 Å². The van der Waals surface area contributed by atoms with Gasteiger partial charge in [0, 0.05) is 11.7 Å². The van der Waals surface area contributed by atoms with Gasteiger partial charge in [-0.05, 0) is 49.9 Å². The number of alkyl halides is 3. The normalized spacial score (nSPS) is 12.8. The van der Waals surface area contributed by atoms with Crippen LogP contribution in [0.1, 0.15) is 24.1 Å². The Bertz CT molecular complexity index is 955. The first-order chi connectivity index (χ1) is 13.7. The van der Waals surface area contributed by atoms with Crippen LogP contribution in [0.3, 0.4) is 0 Å². The van der Waals surface area contributed by atoms with Crippen LogP contribution in [0.2, 0.25) is 0 Å². The van der Waals surface area contributed by atoms with Gasteiger partial charge in [-0.15, -0.1) is 0 Å². The van der Waals surface area contributed by atoms with E-state index in [0.717, 1.165) is 23.4 Å². The summed E-state index contributed by atoms with van der Waals surface area (Å²) in [5.41, 5.74) is 1.17. The number of benzene rings is 2. The summed E-state index contributed by atoms with van der Waals surface area (Å²) in [4.78, 5) is 18.0. The Morgan fingerprint density at radius 2 is 1.93 bits per heavy atom. The molecule has 0 spiro atoms. The molecule has 29 heavy (non-hydrogen) atoms. The van der Waals surface area contributed by atoms with Gasteiger partial charge in [0.1, 0.15) is 12.7 Å². The number of rotatable bonds is 6. The zero-order valence-corrected chi connectivity index (χ0v) is 15.9. The number of anilines is 1. The van der Waals surface area contributed by atoms with E-state index in [1.807, 2.05) is 36.1 Å². The summed E-state index contributed by atoms with van der Waals surface area (Å²) in [5.74, 6) is -0.391. The molecule has 0 saturated carbocycles. The lowest BCUT2D eigenvalue weighted by atomic mass is 10.1. The standard InChI is InChI=1S/C20H20F3N5O/c1-14(15-6-8-18(9-7-15)28-13-24-12-25-28)27(2)11-19(29)26-17-5-3-4-16(10-17)20(21,22)23/h3-10,12-14H,11H2,1-2H3,(H,26,29)/t14-/m0/s1.